The fourth-order valence-corrected chi connectivity index (χ4v) is 3.51. The van der Waals surface area contributed by atoms with Gasteiger partial charge in [-0.1, -0.05) is 48.5 Å². The topological polar surface area (TPSA) is 61.6 Å². The predicted molar refractivity (Wildman–Crippen MR) is 105 cm³/mol. The second-order valence-corrected chi connectivity index (χ2v) is 6.47. The Hall–Kier alpha value is -3.34. The Kier molecular flexibility index (Phi) is 4.28. The lowest BCUT2D eigenvalue weighted by Crippen LogP contribution is -2.39. The van der Waals surface area contributed by atoms with Crippen LogP contribution in [0, 0.1) is 10.1 Å². The van der Waals surface area contributed by atoms with E-state index < -0.39 is 5.60 Å². The van der Waals surface area contributed by atoms with Crippen LogP contribution in [0.1, 0.15) is 18.1 Å². The van der Waals surface area contributed by atoms with Crippen molar-refractivity contribution in [3.05, 3.63) is 88.0 Å². The van der Waals surface area contributed by atoms with Crippen LogP contribution in [0.3, 0.4) is 0 Å². The molecular formula is C22H19NO4. The first kappa shape index (κ1) is 17.1. The number of hydrogen-bond acceptors (Lipinski definition) is 4. The zero-order valence-electron chi connectivity index (χ0n) is 14.9. The summed E-state index contributed by atoms with van der Waals surface area (Å²) >= 11 is 0. The summed E-state index contributed by atoms with van der Waals surface area (Å²) in [6.45, 7) is 2.12. The van der Waals surface area contributed by atoms with Crippen molar-refractivity contribution in [2.75, 3.05) is 13.2 Å². The molecule has 136 valence electrons. The highest BCUT2D eigenvalue weighted by molar-refractivity contribution is 5.93. The number of nitrogens with zero attached hydrogens (tertiary/aromatic N) is 1. The van der Waals surface area contributed by atoms with Crippen LogP contribution in [0.25, 0.3) is 16.8 Å². The van der Waals surface area contributed by atoms with Gasteiger partial charge in [-0.3, -0.25) is 10.1 Å². The summed E-state index contributed by atoms with van der Waals surface area (Å²) in [6, 6.07) is 19.2. The Labute approximate surface area is 157 Å². The standard InChI is InChI=1S/C22H19NO4/c1-2-26-18-10-8-17(9-11-18)22(15-23(24)25)14-13-20-19-6-4-3-5-16(19)7-12-21(20)27-22/h3-14H,2,15H2,1H3. The smallest absolute Gasteiger partial charge is 0.250 e. The molecule has 27 heavy (non-hydrogen) atoms. The van der Waals surface area contributed by atoms with Gasteiger partial charge >= 0.3 is 0 Å². The third-order valence-electron chi connectivity index (χ3n) is 4.76. The van der Waals surface area contributed by atoms with Gasteiger partial charge in [0, 0.05) is 16.1 Å². The van der Waals surface area contributed by atoms with Crippen LogP contribution in [-0.4, -0.2) is 18.1 Å². The van der Waals surface area contributed by atoms with Gasteiger partial charge in [0.1, 0.15) is 11.5 Å². The number of hydrogen-bond donors (Lipinski definition) is 0. The van der Waals surface area contributed by atoms with Gasteiger partial charge in [-0.2, -0.15) is 0 Å². The van der Waals surface area contributed by atoms with Gasteiger partial charge in [0.2, 0.25) is 5.60 Å². The van der Waals surface area contributed by atoms with Crippen molar-refractivity contribution in [3.8, 4) is 11.5 Å². The summed E-state index contributed by atoms with van der Waals surface area (Å²) in [6.07, 6.45) is 3.72. The lowest BCUT2D eigenvalue weighted by molar-refractivity contribution is -0.497. The molecule has 1 heterocycles. The van der Waals surface area contributed by atoms with E-state index in [1.54, 1.807) is 6.08 Å². The molecular weight excluding hydrogens is 342 g/mol. The van der Waals surface area contributed by atoms with Gasteiger partial charge in [-0.25, -0.2) is 0 Å². The fraction of sp³-hybridized carbons (Fsp3) is 0.182. The van der Waals surface area contributed by atoms with E-state index in [1.807, 2.05) is 73.7 Å². The first-order valence-corrected chi connectivity index (χ1v) is 8.86. The molecule has 0 spiro atoms. The molecule has 4 rings (SSSR count). The van der Waals surface area contributed by atoms with Crippen LogP contribution in [0.15, 0.2) is 66.7 Å². The fourth-order valence-electron chi connectivity index (χ4n) is 3.51. The Bertz CT molecular complexity index is 1030. The maximum Gasteiger partial charge on any atom is 0.250 e. The van der Waals surface area contributed by atoms with Crippen molar-refractivity contribution < 1.29 is 14.4 Å². The number of benzene rings is 3. The number of rotatable bonds is 5. The highest BCUT2D eigenvalue weighted by Gasteiger charge is 2.40. The van der Waals surface area contributed by atoms with E-state index in [4.69, 9.17) is 9.47 Å². The second-order valence-electron chi connectivity index (χ2n) is 6.47. The van der Waals surface area contributed by atoms with E-state index in [0.717, 1.165) is 27.6 Å². The van der Waals surface area contributed by atoms with Crippen LogP contribution >= 0.6 is 0 Å². The van der Waals surface area contributed by atoms with Crippen LogP contribution in [0.4, 0.5) is 0 Å². The third-order valence-corrected chi connectivity index (χ3v) is 4.76. The number of nitro groups is 1. The largest absolute Gasteiger partial charge is 0.494 e. The molecule has 0 saturated heterocycles. The van der Waals surface area contributed by atoms with Crippen molar-refractivity contribution in [1.29, 1.82) is 0 Å². The molecule has 1 atom stereocenters. The van der Waals surface area contributed by atoms with Gasteiger partial charge in [-0.05, 0) is 42.0 Å². The summed E-state index contributed by atoms with van der Waals surface area (Å²) < 4.78 is 11.7. The van der Waals surface area contributed by atoms with Crippen molar-refractivity contribution >= 4 is 16.8 Å². The Morgan fingerprint density at radius 3 is 2.59 bits per heavy atom. The molecule has 0 fully saturated rings. The molecule has 0 saturated carbocycles. The maximum atomic E-state index is 11.4. The quantitative estimate of drug-likeness (QED) is 0.483. The van der Waals surface area contributed by atoms with Gasteiger partial charge in [0.25, 0.3) is 6.54 Å². The van der Waals surface area contributed by atoms with E-state index in [1.165, 1.54) is 0 Å². The van der Waals surface area contributed by atoms with Gasteiger partial charge in [0.05, 0.1) is 6.61 Å². The molecule has 5 nitrogen and oxygen atoms in total. The van der Waals surface area contributed by atoms with Crippen molar-refractivity contribution in [3.63, 3.8) is 0 Å². The zero-order valence-corrected chi connectivity index (χ0v) is 14.9. The molecule has 0 radical (unpaired) electrons. The highest BCUT2D eigenvalue weighted by atomic mass is 16.6. The van der Waals surface area contributed by atoms with Crippen molar-refractivity contribution in [1.82, 2.24) is 0 Å². The van der Waals surface area contributed by atoms with Crippen molar-refractivity contribution in [2.24, 2.45) is 0 Å². The summed E-state index contributed by atoms with van der Waals surface area (Å²) in [7, 11) is 0. The molecule has 3 aromatic carbocycles. The van der Waals surface area contributed by atoms with Crippen molar-refractivity contribution in [2.45, 2.75) is 12.5 Å². The molecule has 0 N–H and O–H groups in total. The molecule has 0 bridgehead atoms. The second kappa shape index (κ2) is 6.76. The minimum atomic E-state index is -1.15. The van der Waals surface area contributed by atoms with Crippen LogP contribution in [0.2, 0.25) is 0 Å². The number of ether oxygens (including phenoxy) is 2. The average Bonchev–Trinajstić information content (AvgIpc) is 2.68. The van der Waals surface area contributed by atoms with E-state index in [0.29, 0.717) is 12.4 Å². The first-order chi connectivity index (χ1) is 13.1. The lowest BCUT2D eigenvalue weighted by atomic mass is 9.89. The first-order valence-electron chi connectivity index (χ1n) is 8.86. The molecule has 0 aliphatic carbocycles. The van der Waals surface area contributed by atoms with Crippen LogP contribution in [-0.2, 0) is 5.60 Å². The van der Waals surface area contributed by atoms with E-state index in [9.17, 15) is 10.1 Å². The molecule has 0 aromatic heterocycles. The molecule has 0 amide bonds. The zero-order chi connectivity index (χ0) is 18.9. The average molecular weight is 361 g/mol. The Morgan fingerprint density at radius 1 is 1.07 bits per heavy atom. The van der Waals surface area contributed by atoms with Gasteiger partial charge < -0.3 is 9.47 Å². The maximum absolute atomic E-state index is 11.4. The van der Waals surface area contributed by atoms with Crippen LogP contribution in [0.5, 0.6) is 11.5 Å². The van der Waals surface area contributed by atoms with E-state index in [-0.39, 0.29) is 11.5 Å². The predicted octanol–water partition coefficient (Wildman–Crippen LogP) is 4.82. The molecule has 1 aliphatic rings. The summed E-state index contributed by atoms with van der Waals surface area (Å²) in [5.41, 5.74) is 0.514. The molecule has 5 heteroatoms. The minimum absolute atomic E-state index is 0.340. The normalized spacial score (nSPS) is 18.0. The Morgan fingerprint density at radius 2 is 1.85 bits per heavy atom. The van der Waals surface area contributed by atoms with E-state index >= 15 is 0 Å². The van der Waals surface area contributed by atoms with Gasteiger partial charge in [-0.15, -0.1) is 0 Å². The van der Waals surface area contributed by atoms with E-state index in [2.05, 4.69) is 0 Å². The SMILES string of the molecule is CCOc1ccc(C2(C[N+](=O)[O-])C=Cc3c(ccc4ccccc34)O2)cc1. The third kappa shape index (κ3) is 3.12. The molecule has 1 aliphatic heterocycles. The monoisotopic (exact) mass is 361 g/mol. The Balaban J connectivity index is 1.79. The summed E-state index contributed by atoms with van der Waals surface area (Å²) in [5.74, 6) is 1.37. The highest BCUT2D eigenvalue weighted by Crippen LogP contribution is 2.40. The minimum Gasteiger partial charge on any atom is -0.494 e. The van der Waals surface area contributed by atoms with Gasteiger partial charge in [0.15, 0.2) is 0 Å². The number of fused-ring (bicyclic) bond motifs is 3. The lowest BCUT2D eigenvalue weighted by Gasteiger charge is -2.32. The summed E-state index contributed by atoms with van der Waals surface area (Å²) in [4.78, 5) is 11.1. The molecule has 3 aromatic rings. The summed E-state index contributed by atoms with van der Waals surface area (Å²) in [5, 5.41) is 13.6. The van der Waals surface area contributed by atoms with Crippen LogP contribution < -0.4 is 9.47 Å². The molecule has 1 unspecified atom stereocenters.